The molecular formula is C8H16O6. The molecule has 6 nitrogen and oxygen atoms in total. The SMILES string of the molecule is [2H]COC[C@@H](O)[C@@H](O)[C@H](O)[C@H](C=O)OC[2H]. The Labute approximate surface area is 84.9 Å². The zero-order valence-corrected chi connectivity index (χ0v) is 7.57. The molecule has 0 bridgehead atoms. The van der Waals surface area contributed by atoms with Gasteiger partial charge in [-0.1, -0.05) is 0 Å². The third-order valence-corrected chi connectivity index (χ3v) is 1.70. The maximum absolute atomic E-state index is 10.5. The summed E-state index contributed by atoms with van der Waals surface area (Å²) in [7, 11) is -0.938. The van der Waals surface area contributed by atoms with E-state index in [9.17, 15) is 20.1 Å². The number of ether oxygens (including phenoxy) is 2. The number of aliphatic hydroxyl groups excluding tert-OH is 3. The normalized spacial score (nSPS) is 21.6. The van der Waals surface area contributed by atoms with E-state index in [0.717, 1.165) is 0 Å². The van der Waals surface area contributed by atoms with Gasteiger partial charge in [0.1, 0.15) is 24.4 Å². The maximum Gasteiger partial charge on any atom is 0.151 e. The minimum absolute atomic E-state index is 0.237. The molecule has 0 aromatic carbocycles. The van der Waals surface area contributed by atoms with Crippen molar-refractivity contribution < 1.29 is 32.3 Å². The van der Waals surface area contributed by atoms with Crippen molar-refractivity contribution in [1.29, 1.82) is 0 Å². The van der Waals surface area contributed by atoms with Crippen LogP contribution in [0.5, 0.6) is 0 Å². The minimum Gasteiger partial charge on any atom is -0.388 e. The van der Waals surface area contributed by atoms with E-state index < -0.39 is 31.5 Å². The highest BCUT2D eigenvalue weighted by molar-refractivity contribution is 5.57. The van der Waals surface area contributed by atoms with Crippen molar-refractivity contribution in [2.24, 2.45) is 0 Å². The van der Waals surface area contributed by atoms with Gasteiger partial charge in [-0.15, -0.1) is 0 Å². The van der Waals surface area contributed by atoms with Crippen molar-refractivity contribution in [3.05, 3.63) is 0 Å². The standard InChI is InChI=1S/C8H16O6/c1-13-4-5(10)7(11)8(12)6(3-9)14-2/h3,5-8,10-12H,4H2,1-2H3/t5-,6+,7-,8-/m1/s1/i1D,2D. The summed E-state index contributed by atoms with van der Waals surface area (Å²) in [6.45, 7) is -0.339. The van der Waals surface area contributed by atoms with E-state index in [1.165, 1.54) is 0 Å². The highest BCUT2D eigenvalue weighted by atomic mass is 16.5. The second-order valence-corrected chi connectivity index (χ2v) is 2.69. The molecule has 4 atom stereocenters. The van der Waals surface area contributed by atoms with E-state index >= 15 is 0 Å². The molecule has 0 aliphatic rings. The molecule has 0 aromatic rings. The lowest BCUT2D eigenvalue weighted by Gasteiger charge is -2.25. The van der Waals surface area contributed by atoms with Gasteiger partial charge in [-0.2, -0.15) is 0 Å². The monoisotopic (exact) mass is 210 g/mol. The van der Waals surface area contributed by atoms with E-state index in [4.69, 9.17) is 2.74 Å². The largest absolute Gasteiger partial charge is 0.388 e. The summed E-state index contributed by atoms with van der Waals surface area (Å²) in [4.78, 5) is 10.5. The Balaban J connectivity index is 4.21. The number of aldehydes is 1. The number of carbonyl (C=O) groups is 1. The van der Waals surface area contributed by atoms with Gasteiger partial charge in [0, 0.05) is 14.2 Å². The lowest BCUT2D eigenvalue weighted by Crippen LogP contribution is -2.47. The van der Waals surface area contributed by atoms with Crippen LogP contribution >= 0.6 is 0 Å². The fourth-order valence-electron chi connectivity index (χ4n) is 0.860. The van der Waals surface area contributed by atoms with Crippen molar-refractivity contribution in [3.63, 3.8) is 0 Å². The Kier molecular flexibility index (Phi) is 4.90. The quantitative estimate of drug-likeness (QED) is 0.418. The summed E-state index contributed by atoms with van der Waals surface area (Å²) in [5, 5.41) is 28.1. The van der Waals surface area contributed by atoms with Crippen molar-refractivity contribution in [3.8, 4) is 0 Å². The van der Waals surface area contributed by atoms with Crippen LogP contribution in [0.4, 0.5) is 0 Å². The van der Waals surface area contributed by atoms with Gasteiger partial charge in [0.2, 0.25) is 0 Å². The molecule has 0 saturated carbocycles. The summed E-state index contributed by atoms with van der Waals surface area (Å²) in [6.07, 6.45) is -5.86. The third kappa shape index (κ3) is 3.69. The smallest absolute Gasteiger partial charge is 0.151 e. The van der Waals surface area contributed by atoms with Gasteiger partial charge in [0.05, 0.1) is 9.35 Å². The van der Waals surface area contributed by atoms with Crippen LogP contribution in [0, 0.1) is 0 Å². The average Bonchev–Trinajstić information content (AvgIpc) is 2.31. The van der Waals surface area contributed by atoms with Crippen LogP contribution < -0.4 is 0 Å². The van der Waals surface area contributed by atoms with Crippen LogP contribution in [-0.2, 0) is 14.3 Å². The molecule has 0 aliphatic carbocycles. The van der Waals surface area contributed by atoms with Crippen LogP contribution in [0.15, 0.2) is 0 Å². The predicted molar refractivity (Wildman–Crippen MR) is 46.8 cm³/mol. The molecule has 0 aliphatic heterocycles. The van der Waals surface area contributed by atoms with Gasteiger partial charge in [0.25, 0.3) is 0 Å². The average molecular weight is 210 g/mol. The summed E-state index contributed by atoms with van der Waals surface area (Å²) < 4.78 is 22.4. The molecule has 0 radical (unpaired) electrons. The molecule has 84 valence electrons. The van der Waals surface area contributed by atoms with Gasteiger partial charge >= 0.3 is 0 Å². The molecule has 14 heavy (non-hydrogen) atoms. The molecule has 3 N–H and O–H groups in total. The Morgan fingerprint density at radius 2 is 2.07 bits per heavy atom. The Morgan fingerprint density at radius 1 is 1.36 bits per heavy atom. The second-order valence-electron chi connectivity index (χ2n) is 2.69. The summed E-state index contributed by atoms with van der Waals surface area (Å²) in [5.74, 6) is 0. The maximum atomic E-state index is 10.5. The summed E-state index contributed by atoms with van der Waals surface area (Å²) in [5.41, 5.74) is 0. The number of aliphatic hydroxyl groups is 3. The van der Waals surface area contributed by atoms with E-state index in [2.05, 4.69) is 9.47 Å². The predicted octanol–water partition coefficient (Wildman–Crippen LogP) is -2.07. The van der Waals surface area contributed by atoms with Crippen LogP contribution in [0.1, 0.15) is 2.74 Å². The molecule has 0 fully saturated rings. The van der Waals surface area contributed by atoms with E-state index in [-0.39, 0.29) is 20.0 Å². The first-order valence-corrected chi connectivity index (χ1v) is 3.85. The first-order valence-electron chi connectivity index (χ1n) is 5.27. The number of carbonyl (C=O) groups excluding carboxylic acids is 1. The zero-order chi connectivity index (χ0) is 12.6. The third-order valence-electron chi connectivity index (χ3n) is 1.70. The molecule has 0 aromatic heterocycles. The molecule has 0 spiro atoms. The van der Waals surface area contributed by atoms with Crippen molar-refractivity contribution in [2.75, 3.05) is 20.8 Å². The molecule has 0 heterocycles. The van der Waals surface area contributed by atoms with Crippen molar-refractivity contribution in [2.45, 2.75) is 24.4 Å². The molecule has 0 amide bonds. The highest BCUT2D eigenvalue weighted by Gasteiger charge is 2.31. The van der Waals surface area contributed by atoms with Crippen molar-refractivity contribution >= 4 is 6.29 Å². The first kappa shape index (κ1) is 10.0. The van der Waals surface area contributed by atoms with Gasteiger partial charge < -0.3 is 29.6 Å². The topological polar surface area (TPSA) is 96.2 Å². The fraction of sp³-hybridized carbons (Fsp3) is 0.875. The van der Waals surface area contributed by atoms with Gasteiger partial charge in [-0.25, -0.2) is 0 Å². The Hall–Kier alpha value is -0.530. The fourth-order valence-corrected chi connectivity index (χ4v) is 0.860. The number of rotatable bonds is 7. The van der Waals surface area contributed by atoms with Crippen LogP contribution in [-0.4, -0.2) is 66.8 Å². The summed E-state index contributed by atoms with van der Waals surface area (Å²) >= 11 is 0. The van der Waals surface area contributed by atoms with Gasteiger partial charge in [0.15, 0.2) is 6.29 Å². The van der Waals surface area contributed by atoms with Crippen LogP contribution in [0.3, 0.4) is 0 Å². The summed E-state index contributed by atoms with van der Waals surface area (Å²) in [6, 6.07) is 0. The second kappa shape index (κ2) is 6.86. The first-order chi connectivity index (χ1) is 7.58. The molecule has 0 unspecified atom stereocenters. The van der Waals surface area contributed by atoms with E-state index in [0.29, 0.717) is 0 Å². The van der Waals surface area contributed by atoms with Crippen molar-refractivity contribution in [1.82, 2.24) is 0 Å². The van der Waals surface area contributed by atoms with Gasteiger partial charge in [-0.05, 0) is 0 Å². The Bertz CT molecular complexity index is 193. The lowest BCUT2D eigenvalue weighted by molar-refractivity contribution is -0.142. The molecule has 0 rings (SSSR count). The molecule has 0 saturated heterocycles. The van der Waals surface area contributed by atoms with Gasteiger partial charge in [-0.3, -0.25) is 0 Å². The minimum atomic E-state index is -1.65. The van der Waals surface area contributed by atoms with Crippen LogP contribution in [0.2, 0.25) is 0 Å². The molecule has 6 heteroatoms. The zero-order valence-electron chi connectivity index (χ0n) is 9.57. The van der Waals surface area contributed by atoms with E-state index in [1.807, 2.05) is 0 Å². The Morgan fingerprint density at radius 3 is 2.57 bits per heavy atom. The lowest BCUT2D eigenvalue weighted by atomic mass is 10.0. The number of hydrogen-bond acceptors (Lipinski definition) is 6. The number of hydrogen-bond donors (Lipinski definition) is 3. The highest BCUT2D eigenvalue weighted by Crippen LogP contribution is 2.06. The molecular weight excluding hydrogens is 192 g/mol. The van der Waals surface area contributed by atoms with E-state index in [1.54, 1.807) is 0 Å². The van der Waals surface area contributed by atoms with Crippen LogP contribution in [0.25, 0.3) is 0 Å². The number of methoxy groups -OCH3 is 2.